The van der Waals surface area contributed by atoms with Crippen LogP contribution in [0, 0.1) is 29.5 Å². The Bertz CT molecular complexity index is 2340. The number of carbonyl (C=O) groups excluding carboxylic acids is 9. The van der Waals surface area contributed by atoms with Crippen LogP contribution < -0.4 is 75.8 Å². The predicted octanol–water partition coefficient (Wildman–Crippen LogP) is -2.53. The highest BCUT2D eigenvalue weighted by Crippen LogP contribution is 2.17. The molecule has 31 heteroatoms. The van der Waals surface area contributed by atoms with Gasteiger partial charge >= 0.3 is 13.1 Å². The number of esters is 1. The Labute approximate surface area is 549 Å². The molecule has 2 aromatic carbocycles. The standard InChI is InChI=1S/C30H51BFN7O8.C16H23NO4.C13H28N4O3.C3H9NO/c1-21(18-27(41)36-14-11-34-10-8-33)26(40)7-4-22(29(43)38-9-3-17-47-2)19-28(42)37-15-12-35-13-16-39-30(44)24-6-5-23(31(45)46)20-25(24)32;1-13(16(19)17-9-6-10-20-2)11-15(18)21-12-14-7-4-3-5-8-14;1-11(13(19)17-5-3-9-20-2)10-12(18)16-8-7-15-6-4-14;1-5-3-2-4/h5-6,20-22,34-35,45-46H,3-4,7-19,33H2,1-2H3,(H,36,41)(H,37,42)(H,38,43)(H,39,44);3-5,7-8,13H,6,9-12H2,1-2H3,(H,17,19);11,15H,3-10,14H2,1-2H3,(H,16,18)(H,17,19);2-4H2,1H3. The molecule has 2 rings (SSSR count). The van der Waals surface area contributed by atoms with E-state index < -0.39 is 36.6 Å². The van der Waals surface area contributed by atoms with Crippen molar-refractivity contribution in [3.05, 3.63) is 65.5 Å². The van der Waals surface area contributed by atoms with Crippen molar-refractivity contribution in [1.29, 1.82) is 0 Å². The first-order valence-corrected chi connectivity index (χ1v) is 31.6. The molecule has 4 unspecified atom stereocenters. The Morgan fingerprint density at radius 2 is 0.935 bits per heavy atom. The molecule has 0 aliphatic rings. The minimum Gasteiger partial charge on any atom is -0.461 e. The average Bonchev–Trinajstić information content (AvgIpc) is 0.988. The number of ether oxygens (including phenoxy) is 5. The van der Waals surface area contributed by atoms with Crippen molar-refractivity contribution in [2.24, 2.45) is 40.9 Å². The summed E-state index contributed by atoms with van der Waals surface area (Å²) >= 11 is 0. The Balaban J connectivity index is 0. The highest BCUT2D eigenvalue weighted by molar-refractivity contribution is 6.58. The second kappa shape index (κ2) is 60.3. The number of nitrogens with one attached hydrogen (secondary N) is 10. The molecule has 18 N–H and O–H groups in total. The van der Waals surface area contributed by atoms with Gasteiger partial charge in [-0.2, -0.15) is 0 Å². The first-order chi connectivity index (χ1) is 44.6. The summed E-state index contributed by atoms with van der Waals surface area (Å²) in [5.41, 5.74) is 16.4. The van der Waals surface area contributed by atoms with Crippen molar-refractivity contribution in [2.75, 3.05) is 160 Å². The van der Waals surface area contributed by atoms with E-state index in [9.17, 15) is 47.5 Å². The predicted molar refractivity (Wildman–Crippen MR) is 354 cm³/mol. The Hall–Kier alpha value is -6.62. The van der Waals surface area contributed by atoms with E-state index in [1.165, 1.54) is 6.07 Å². The van der Waals surface area contributed by atoms with Gasteiger partial charge in [0.2, 0.25) is 35.4 Å². The second-order valence-corrected chi connectivity index (χ2v) is 21.3. The van der Waals surface area contributed by atoms with Crippen molar-refractivity contribution in [1.82, 2.24) is 53.2 Å². The van der Waals surface area contributed by atoms with Gasteiger partial charge in [0.05, 0.1) is 18.6 Å². The molecular formula is C62H111BFN13O16. The summed E-state index contributed by atoms with van der Waals surface area (Å²) in [6.45, 7) is 15.6. The van der Waals surface area contributed by atoms with E-state index in [0.29, 0.717) is 118 Å². The molecule has 0 saturated heterocycles. The first-order valence-electron chi connectivity index (χ1n) is 31.6. The van der Waals surface area contributed by atoms with Crippen LogP contribution in [-0.4, -0.2) is 230 Å². The quantitative estimate of drug-likeness (QED) is 0.0185. The number of carbonyl (C=O) groups is 9. The van der Waals surface area contributed by atoms with Crippen molar-refractivity contribution in [3.63, 3.8) is 0 Å². The minimum absolute atomic E-state index is 0.0282. The number of methoxy groups -OCH3 is 4. The number of nitrogens with two attached hydrogens (primary N) is 3. The van der Waals surface area contributed by atoms with Crippen LogP contribution in [0.25, 0.3) is 0 Å². The second-order valence-electron chi connectivity index (χ2n) is 21.3. The van der Waals surface area contributed by atoms with E-state index in [4.69, 9.17) is 46.2 Å². The summed E-state index contributed by atoms with van der Waals surface area (Å²) in [5, 5.41) is 46.5. The van der Waals surface area contributed by atoms with Gasteiger partial charge in [-0.3, -0.25) is 43.2 Å². The number of rotatable bonds is 49. The van der Waals surface area contributed by atoms with Crippen LogP contribution in [-0.2, 0) is 68.6 Å². The average molecular weight is 1320 g/mol. The van der Waals surface area contributed by atoms with Gasteiger partial charge in [0.25, 0.3) is 5.91 Å². The van der Waals surface area contributed by atoms with Gasteiger partial charge in [-0.1, -0.05) is 57.2 Å². The maximum atomic E-state index is 14.1. The van der Waals surface area contributed by atoms with Crippen molar-refractivity contribution in [2.45, 2.75) is 85.2 Å². The van der Waals surface area contributed by atoms with Crippen molar-refractivity contribution < 1.29 is 81.3 Å². The van der Waals surface area contributed by atoms with Crippen LogP contribution >= 0.6 is 0 Å². The Morgan fingerprint density at radius 3 is 1.38 bits per heavy atom. The number of amides is 7. The number of hydrogen-bond acceptors (Lipinski definition) is 22. The van der Waals surface area contributed by atoms with Crippen LogP contribution in [0.1, 0.15) is 94.5 Å². The normalized spacial score (nSPS) is 11.8. The Morgan fingerprint density at radius 1 is 0.495 bits per heavy atom. The lowest BCUT2D eigenvalue weighted by Gasteiger charge is -2.18. The van der Waals surface area contributed by atoms with Gasteiger partial charge in [-0.05, 0) is 48.8 Å². The third-order valence-corrected chi connectivity index (χ3v) is 13.1. The molecule has 530 valence electrons. The number of Topliss-reactive ketones (excluding diaryl/α,β-unsaturated/α-hetero) is 1. The topological polar surface area (TPSA) is 439 Å². The molecule has 93 heavy (non-hydrogen) atoms. The number of benzene rings is 2. The zero-order chi connectivity index (χ0) is 69.9. The molecule has 0 aromatic heterocycles. The van der Waals surface area contributed by atoms with Crippen LogP contribution in [0.4, 0.5) is 4.39 Å². The van der Waals surface area contributed by atoms with Gasteiger partial charge in [-0.15, -0.1) is 0 Å². The van der Waals surface area contributed by atoms with Crippen molar-refractivity contribution in [3.8, 4) is 0 Å². The first kappa shape index (κ1) is 88.4. The van der Waals surface area contributed by atoms with Crippen LogP contribution in [0.5, 0.6) is 0 Å². The SMILES string of the molecule is COCCCNC(=O)C(C)CC(=O)NCCNCCN.COCCCNC(=O)C(C)CC(=O)OCc1ccccc1.COCCCNC(=O)C(CCC(=O)C(C)CC(=O)NCCNCCN)CC(=O)NCCNCCNC(=O)c1ccc(B(O)O)cc1F.COCCN. The molecule has 0 bridgehead atoms. The summed E-state index contributed by atoms with van der Waals surface area (Å²) in [6.07, 6.45) is 2.51. The van der Waals surface area contributed by atoms with Gasteiger partial charge < -0.3 is 104 Å². The summed E-state index contributed by atoms with van der Waals surface area (Å²) < 4.78 is 38.6. The summed E-state index contributed by atoms with van der Waals surface area (Å²) in [4.78, 5) is 109. The molecular weight excluding hydrogens is 1210 g/mol. The number of halogens is 1. The highest BCUT2D eigenvalue weighted by Gasteiger charge is 2.26. The van der Waals surface area contributed by atoms with E-state index in [1.807, 2.05) is 30.3 Å². The zero-order valence-electron chi connectivity index (χ0n) is 55.9. The molecule has 0 radical (unpaired) electrons. The molecule has 7 amide bonds. The molecule has 0 aliphatic carbocycles. The Kier molecular flexibility index (Phi) is 57.4. The van der Waals surface area contributed by atoms with E-state index in [-0.39, 0.29) is 122 Å². The summed E-state index contributed by atoms with van der Waals surface area (Å²) in [6, 6.07) is 12.7. The highest BCUT2D eigenvalue weighted by atomic mass is 19.1. The monoisotopic (exact) mass is 1320 g/mol. The van der Waals surface area contributed by atoms with Gasteiger partial charge in [0, 0.05) is 202 Å². The van der Waals surface area contributed by atoms with E-state index >= 15 is 0 Å². The molecule has 2 aromatic rings. The lowest BCUT2D eigenvalue weighted by Crippen LogP contribution is -2.39. The molecule has 0 spiro atoms. The van der Waals surface area contributed by atoms with E-state index in [2.05, 4.69) is 57.9 Å². The smallest absolute Gasteiger partial charge is 0.461 e. The third kappa shape index (κ3) is 50.5. The maximum absolute atomic E-state index is 14.1. The van der Waals surface area contributed by atoms with Gasteiger partial charge in [0.15, 0.2) is 0 Å². The molecule has 4 atom stereocenters. The number of hydrogen-bond donors (Lipinski definition) is 15. The summed E-state index contributed by atoms with van der Waals surface area (Å²) in [7, 11) is 4.58. The molecule has 0 saturated carbocycles. The van der Waals surface area contributed by atoms with E-state index in [1.54, 1.807) is 49.2 Å². The molecule has 0 fully saturated rings. The third-order valence-electron chi connectivity index (χ3n) is 13.1. The maximum Gasteiger partial charge on any atom is 0.488 e. The fraction of sp³-hybridized carbons (Fsp3) is 0.661. The lowest BCUT2D eigenvalue weighted by molar-refractivity contribution is -0.147. The zero-order valence-corrected chi connectivity index (χ0v) is 55.9. The molecule has 0 aliphatic heterocycles. The van der Waals surface area contributed by atoms with Crippen LogP contribution in [0.15, 0.2) is 48.5 Å². The van der Waals surface area contributed by atoms with Gasteiger partial charge in [-0.25, -0.2) is 4.39 Å². The van der Waals surface area contributed by atoms with Crippen LogP contribution in [0.3, 0.4) is 0 Å². The van der Waals surface area contributed by atoms with Crippen LogP contribution in [0.2, 0.25) is 0 Å². The van der Waals surface area contributed by atoms with Crippen molar-refractivity contribution >= 4 is 65.7 Å². The van der Waals surface area contributed by atoms with E-state index in [0.717, 1.165) is 37.1 Å². The summed E-state index contributed by atoms with van der Waals surface area (Å²) in [5.74, 6) is -5.37. The number of ketones is 1. The fourth-order valence-corrected chi connectivity index (χ4v) is 7.81. The molecule has 0 heterocycles. The lowest BCUT2D eigenvalue weighted by atomic mass is 9.80. The molecule has 29 nitrogen and oxygen atoms in total. The minimum atomic E-state index is -1.84. The van der Waals surface area contributed by atoms with Gasteiger partial charge in [0.1, 0.15) is 18.2 Å². The largest absolute Gasteiger partial charge is 0.488 e. The fourth-order valence-electron chi connectivity index (χ4n) is 7.81.